The highest BCUT2D eigenvalue weighted by Crippen LogP contribution is 2.21. The van der Waals surface area contributed by atoms with E-state index < -0.39 is 30.0 Å². The van der Waals surface area contributed by atoms with Crippen molar-refractivity contribution in [3.8, 4) is 0 Å². The lowest BCUT2D eigenvalue weighted by Crippen LogP contribution is -2.05. The van der Waals surface area contributed by atoms with Crippen LogP contribution in [-0.2, 0) is 15.5 Å². The summed E-state index contributed by atoms with van der Waals surface area (Å²) in [6.07, 6.45) is -6.17. The zero-order valence-corrected chi connectivity index (χ0v) is 6.25. The van der Waals surface area contributed by atoms with Gasteiger partial charge in [-0.15, -0.1) is 0 Å². The molecule has 0 saturated heterocycles. The molecule has 0 aliphatic heterocycles. The van der Waals surface area contributed by atoms with Crippen LogP contribution in [0.3, 0.4) is 0 Å². The van der Waals surface area contributed by atoms with Gasteiger partial charge in [-0.3, -0.25) is 0 Å². The zero-order chi connectivity index (χ0) is 9.78. The van der Waals surface area contributed by atoms with Crippen molar-refractivity contribution in [2.45, 2.75) is 12.6 Å². The average molecular weight is 207 g/mol. The standard InChI is InChI=1S/C4H4F4O3S/c5-3(11-12(9)10)1-2-4(6,7)8/h1H,2H2,(H,9,10)/p-1. The Bertz CT molecular complexity index is 199. The van der Waals surface area contributed by atoms with Crippen LogP contribution in [0.15, 0.2) is 12.1 Å². The molecule has 0 spiro atoms. The second-order valence-corrected chi connectivity index (χ2v) is 2.19. The molecule has 8 heteroatoms. The molecule has 12 heavy (non-hydrogen) atoms. The minimum Gasteiger partial charge on any atom is -0.740 e. The summed E-state index contributed by atoms with van der Waals surface area (Å²) in [6, 6.07) is -1.79. The molecule has 0 saturated carbocycles. The van der Waals surface area contributed by atoms with E-state index in [4.69, 9.17) is 0 Å². The fourth-order valence-electron chi connectivity index (χ4n) is 0.295. The van der Waals surface area contributed by atoms with Gasteiger partial charge in [0, 0.05) is 0 Å². The number of hydrogen-bond donors (Lipinski definition) is 0. The van der Waals surface area contributed by atoms with Crippen molar-refractivity contribution in [2.75, 3.05) is 0 Å². The van der Waals surface area contributed by atoms with E-state index in [0.717, 1.165) is 0 Å². The number of hydrogen-bond acceptors (Lipinski definition) is 3. The first-order chi connectivity index (χ1) is 5.31. The second kappa shape index (κ2) is 4.41. The molecule has 1 unspecified atom stereocenters. The van der Waals surface area contributed by atoms with Crippen LogP contribution >= 0.6 is 0 Å². The summed E-state index contributed by atoms with van der Waals surface area (Å²) in [6.45, 7) is 0. The maximum Gasteiger partial charge on any atom is 0.392 e. The molecule has 0 radical (unpaired) electrons. The normalized spacial score (nSPS) is 15.9. The van der Waals surface area contributed by atoms with Gasteiger partial charge in [-0.1, -0.05) is 0 Å². The fourth-order valence-corrected chi connectivity index (χ4v) is 0.493. The Balaban J connectivity index is 3.93. The van der Waals surface area contributed by atoms with E-state index in [9.17, 15) is 26.3 Å². The van der Waals surface area contributed by atoms with Gasteiger partial charge in [-0.25, -0.2) is 4.21 Å². The average Bonchev–Trinajstić information content (AvgIpc) is 1.80. The van der Waals surface area contributed by atoms with Gasteiger partial charge in [-0.05, 0) is 6.08 Å². The van der Waals surface area contributed by atoms with Crippen LogP contribution in [0.25, 0.3) is 0 Å². The van der Waals surface area contributed by atoms with Crippen LogP contribution in [0.5, 0.6) is 0 Å². The van der Waals surface area contributed by atoms with Crippen LogP contribution in [0, 0.1) is 0 Å². The van der Waals surface area contributed by atoms with Gasteiger partial charge in [0.1, 0.15) is 11.4 Å². The van der Waals surface area contributed by atoms with Gasteiger partial charge in [0.2, 0.25) is 0 Å². The molecule has 0 aliphatic rings. The maximum absolute atomic E-state index is 11.9. The van der Waals surface area contributed by atoms with E-state index >= 15 is 0 Å². The van der Waals surface area contributed by atoms with E-state index in [0.29, 0.717) is 0 Å². The van der Waals surface area contributed by atoms with Crippen LogP contribution in [0.4, 0.5) is 17.6 Å². The van der Waals surface area contributed by atoms with Crippen LogP contribution in [-0.4, -0.2) is 14.9 Å². The lowest BCUT2D eigenvalue weighted by molar-refractivity contribution is -0.125. The smallest absolute Gasteiger partial charge is 0.392 e. The first kappa shape index (κ1) is 11.4. The molecule has 72 valence electrons. The van der Waals surface area contributed by atoms with Gasteiger partial charge in [0.05, 0.1) is 6.42 Å². The molecular weight excluding hydrogens is 204 g/mol. The molecule has 0 rings (SSSR count). The predicted octanol–water partition coefficient (Wildman–Crippen LogP) is 1.56. The van der Waals surface area contributed by atoms with Gasteiger partial charge < -0.3 is 8.74 Å². The highest BCUT2D eigenvalue weighted by Gasteiger charge is 2.25. The lowest BCUT2D eigenvalue weighted by Gasteiger charge is -2.04. The van der Waals surface area contributed by atoms with Crippen LogP contribution in [0.2, 0.25) is 0 Å². The summed E-state index contributed by atoms with van der Waals surface area (Å²) in [4.78, 5) is 0. The van der Waals surface area contributed by atoms with E-state index in [1.807, 2.05) is 0 Å². The summed E-state index contributed by atoms with van der Waals surface area (Å²) in [7, 11) is 0. The maximum atomic E-state index is 11.9. The van der Waals surface area contributed by atoms with E-state index in [1.165, 1.54) is 0 Å². The summed E-state index contributed by atoms with van der Waals surface area (Å²) in [5, 5.41) is 0. The Kier molecular flexibility index (Phi) is 4.18. The largest absolute Gasteiger partial charge is 0.740 e. The first-order valence-corrected chi connectivity index (χ1v) is 3.51. The molecular formula is C4H3F4O3S-. The molecule has 0 aromatic rings. The van der Waals surface area contributed by atoms with Crippen molar-refractivity contribution in [3.63, 3.8) is 0 Å². The van der Waals surface area contributed by atoms with Crippen LogP contribution < -0.4 is 0 Å². The van der Waals surface area contributed by atoms with E-state index in [1.54, 1.807) is 0 Å². The molecule has 0 heterocycles. The van der Waals surface area contributed by atoms with Gasteiger partial charge in [0.15, 0.2) is 0 Å². The summed E-state index contributed by atoms with van der Waals surface area (Å²) >= 11 is -3.18. The lowest BCUT2D eigenvalue weighted by atomic mass is 10.4. The fraction of sp³-hybridized carbons (Fsp3) is 0.500. The SMILES string of the molecule is O=S([O-])OC(F)=CCC(F)(F)F. The molecule has 0 aliphatic carbocycles. The molecule has 1 atom stereocenters. The number of rotatable bonds is 3. The van der Waals surface area contributed by atoms with Gasteiger partial charge >= 0.3 is 6.18 Å². The first-order valence-electron chi connectivity index (χ1n) is 2.51. The quantitative estimate of drug-likeness (QED) is 0.401. The van der Waals surface area contributed by atoms with Crippen LogP contribution in [0.1, 0.15) is 6.42 Å². The second-order valence-electron chi connectivity index (χ2n) is 1.61. The van der Waals surface area contributed by atoms with E-state index in [2.05, 4.69) is 4.18 Å². The minimum absolute atomic E-state index is 0.0181. The van der Waals surface area contributed by atoms with Crippen molar-refractivity contribution in [2.24, 2.45) is 0 Å². The molecule has 0 amide bonds. The monoisotopic (exact) mass is 207 g/mol. The summed E-state index contributed by atoms with van der Waals surface area (Å²) in [5.74, 6) is 0. The van der Waals surface area contributed by atoms with E-state index in [-0.39, 0.29) is 6.08 Å². The molecule has 0 bridgehead atoms. The van der Waals surface area contributed by atoms with Gasteiger partial charge in [-0.2, -0.15) is 17.6 Å². The molecule has 0 fully saturated rings. The summed E-state index contributed by atoms with van der Waals surface area (Å²) in [5.41, 5.74) is 0. The highest BCUT2D eigenvalue weighted by molar-refractivity contribution is 7.74. The third kappa shape index (κ3) is 7.48. The molecule has 0 N–H and O–H groups in total. The summed E-state index contributed by atoms with van der Waals surface area (Å²) < 4.78 is 68.3. The Morgan fingerprint density at radius 3 is 2.42 bits per heavy atom. The third-order valence-corrected chi connectivity index (χ3v) is 0.937. The molecule has 3 nitrogen and oxygen atoms in total. The van der Waals surface area contributed by atoms with Crippen molar-refractivity contribution >= 4 is 11.4 Å². The predicted molar refractivity (Wildman–Crippen MR) is 29.9 cm³/mol. The Labute approximate surface area is 67.5 Å². The van der Waals surface area contributed by atoms with Crippen molar-refractivity contribution in [1.82, 2.24) is 0 Å². The minimum atomic E-state index is -4.58. The van der Waals surface area contributed by atoms with Crippen molar-refractivity contribution in [3.05, 3.63) is 12.1 Å². The number of alkyl halides is 3. The highest BCUT2D eigenvalue weighted by atomic mass is 32.2. The Morgan fingerprint density at radius 2 is 2.08 bits per heavy atom. The third-order valence-electron chi connectivity index (χ3n) is 0.642. The van der Waals surface area contributed by atoms with Crippen molar-refractivity contribution in [1.29, 1.82) is 0 Å². The Hall–Kier alpha value is -0.630. The number of allylic oxidation sites excluding steroid dienone is 1. The van der Waals surface area contributed by atoms with Gasteiger partial charge in [0.25, 0.3) is 6.01 Å². The molecule has 0 aromatic heterocycles. The topological polar surface area (TPSA) is 49.4 Å². The number of halogens is 4. The zero-order valence-electron chi connectivity index (χ0n) is 5.43. The molecule has 0 aromatic carbocycles. The Morgan fingerprint density at radius 1 is 1.58 bits per heavy atom. The van der Waals surface area contributed by atoms with Crippen molar-refractivity contribution < 1.29 is 30.5 Å².